The molecule has 0 aromatic carbocycles. The van der Waals surface area contributed by atoms with Crippen molar-refractivity contribution >= 4 is 30.0 Å². The summed E-state index contributed by atoms with van der Waals surface area (Å²) in [5.74, 6) is 0.972. The van der Waals surface area contributed by atoms with Crippen LogP contribution in [0.2, 0.25) is 0 Å². The Balaban J connectivity index is 1.39. The molecule has 1 aromatic rings. The number of hydrogen-bond donors (Lipinski definition) is 0. The van der Waals surface area contributed by atoms with Crippen LogP contribution in [0.25, 0.3) is 0 Å². The van der Waals surface area contributed by atoms with Gasteiger partial charge in [-0.1, -0.05) is 5.16 Å². The molecule has 1 unspecified atom stereocenters. The zero-order chi connectivity index (χ0) is 18.6. The lowest BCUT2D eigenvalue weighted by atomic mass is 10.00. The highest BCUT2D eigenvalue weighted by molar-refractivity contribution is 6.21. The minimum absolute atomic E-state index is 0.00879. The second-order valence-corrected chi connectivity index (χ2v) is 6.59. The number of carbonyl (C=O) groups excluding carboxylic acids is 3. The summed E-state index contributed by atoms with van der Waals surface area (Å²) in [4.78, 5) is 49.3. The van der Waals surface area contributed by atoms with Crippen LogP contribution in [0.5, 0.6) is 0 Å². The zero-order valence-electron chi connectivity index (χ0n) is 14.6. The predicted molar refractivity (Wildman–Crippen MR) is 86.7 cm³/mol. The first kappa shape index (κ1) is 16.4. The van der Waals surface area contributed by atoms with E-state index < -0.39 is 18.0 Å². The lowest BCUT2D eigenvalue weighted by Crippen LogP contribution is -2.62. The lowest BCUT2D eigenvalue weighted by molar-refractivity contribution is -0.521. The minimum Gasteiger partial charge on any atom is -0.339 e. The average molecular weight is 360 g/mol. The van der Waals surface area contributed by atoms with Gasteiger partial charge in [-0.25, -0.2) is 9.37 Å². The molecule has 0 bridgehead atoms. The van der Waals surface area contributed by atoms with Crippen LogP contribution in [0, 0.1) is 6.92 Å². The van der Waals surface area contributed by atoms with Gasteiger partial charge in [0.25, 0.3) is 30.0 Å². The van der Waals surface area contributed by atoms with E-state index in [2.05, 4.69) is 15.1 Å². The highest BCUT2D eigenvalue weighted by Crippen LogP contribution is 2.26. The first-order valence-corrected chi connectivity index (χ1v) is 8.17. The van der Waals surface area contributed by atoms with E-state index in [0.717, 1.165) is 4.90 Å². The van der Waals surface area contributed by atoms with Gasteiger partial charge >= 0.3 is 6.03 Å². The molecule has 11 heteroatoms. The van der Waals surface area contributed by atoms with E-state index in [1.807, 2.05) is 0 Å². The number of aryl methyl sites for hydroxylation is 1. The summed E-state index contributed by atoms with van der Waals surface area (Å²) < 4.78 is 6.69. The molecule has 2 saturated heterocycles. The second-order valence-electron chi connectivity index (χ2n) is 6.59. The maximum absolute atomic E-state index is 12.5. The largest absolute Gasteiger partial charge is 0.339 e. The molecule has 136 valence electrons. The number of nitrogens with zero attached hydrogens (tertiary/aromatic N) is 7. The van der Waals surface area contributed by atoms with Crippen molar-refractivity contribution in [2.24, 2.45) is 4.99 Å². The molecule has 0 aliphatic carbocycles. The SMILES string of the molecule is Cc1noc(C2CN(C(=O)C[N+]3=CN=C4C3C(=O)N(C)C(=O)N4C)C2)n1. The molecule has 4 amide bonds. The van der Waals surface area contributed by atoms with Gasteiger partial charge in [-0.15, -0.1) is 0 Å². The third-order valence-electron chi connectivity index (χ3n) is 4.84. The summed E-state index contributed by atoms with van der Waals surface area (Å²) in [5, 5.41) is 3.75. The molecular weight excluding hydrogens is 342 g/mol. The van der Waals surface area contributed by atoms with Gasteiger partial charge in [0.1, 0.15) is 0 Å². The molecule has 0 radical (unpaired) electrons. The molecule has 26 heavy (non-hydrogen) atoms. The number of fused-ring (bicyclic) bond motifs is 1. The van der Waals surface area contributed by atoms with Crippen molar-refractivity contribution in [3.8, 4) is 0 Å². The molecule has 4 rings (SSSR count). The standard InChI is InChI=1S/C15H18N7O4/c1-8-17-13(26-18-8)9-4-21(5-9)10(23)6-22-7-16-12-11(22)14(24)20(3)15(25)19(12)2/h7,9,11H,4-6H2,1-3H3/q+1. The number of likely N-dealkylation sites (tertiary alicyclic amines) is 1. The highest BCUT2D eigenvalue weighted by atomic mass is 16.5. The quantitative estimate of drug-likeness (QED) is 0.616. The van der Waals surface area contributed by atoms with Crippen molar-refractivity contribution in [1.29, 1.82) is 0 Å². The Morgan fingerprint density at radius 2 is 2.04 bits per heavy atom. The third-order valence-corrected chi connectivity index (χ3v) is 4.84. The maximum Gasteiger partial charge on any atom is 0.333 e. The zero-order valence-corrected chi connectivity index (χ0v) is 14.6. The summed E-state index contributed by atoms with van der Waals surface area (Å²) in [7, 11) is 2.98. The Morgan fingerprint density at radius 3 is 2.69 bits per heavy atom. The van der Waals surface area contributed by atoms with Gasteiger partial charge in [-0.2, -0.15) is 4.98 Å². The van der Waals surface area contributed by atoms with Crippen LogP contribution < -0.4 is 0 Å². The Hall–Kier alpha value is -3.11. The van der Waals surface area contributed by atoms with Crippen LogP contribution in [-0.2, 0) is 9.59 Å². The molecule has 4 heterocycles. The monoisotopic (exact) mass is 360 g/mol. The van der Waals surface area contributed by atoms with Crippen LogP contribution in [0.3, 0.4) is 0 Å². The second kappa shape index (κ2) is 5.71. The van der Waals surface area contributed by atoms with Crippen LogP contribution in [0.1, 0.15) is 17.6 Å². The first-order chi connectivity index (χ1) is 12.4. The molecular formula is C15H18N7O4+. The van der Waals surface area contributed by atoms with Crippen molar-refractivity contribution in [1.82, 2.24) is 24.8 Å². The van der Waals surface area contributed by atoms with Gasteiger partial charge < -0.3 is 9.42 Å². The minimum atomic E-state index is -0.748. The Bertz CT molecular complexity index is 867. The van der Waals surface area contributed by atoms with E-state index in [1.54, 1.807) is 23.4 Å². The van der Waals surface area contributed by atoms with Crippen LogP contribution in [0.15, 0.2) is 9.52 Å². The fourth-order valence-electron chi connectivity index (χ4n) is 3.25. The van der Waals surface area contributed by atoms with Gasteiger partial charge in [0, 0.05) is 27.2 Å². The van der Waals surface area contributed by atoms with Gasteiger partial charge in [-0.3, -0.25) is 19.4 Å². The van der Waals surface area contributed by atoms with Crippen molar-refractivity contribution < 1.29 is 23.5 Å². The van der Waals surface area contributed by atoms with Crippen LogP contribution in [0.4, 0.5) is 4.79 Å². The molecule has 1 aromatic heterocycles. The normalized spacial score (nSPS) is 23.0. The number of carbonyl (C=O) groups is 3. The van der Waals surface area contributed by atoms with E-state index in [9.17, 15) is 14.4 Å². The van der Waals surface area contributed by atoms with E-state index in [0.29, 0.717) is 30.6 Å². The Kier molecular flexibility index (Phi) is 3.60. The topological polar surface area (TPSA) is 115 Å². The molecule has 1 atom stereocenters. The van der Waals surface area contributed by atoms with Crippen molar-refractivity contribution in [3.05, 3.63) is 11.7 Å². The van der Waals surface area contributed by atoms with Crippen molar-refractivity contribution in [3.63, 3.8) is 0 Å². The molecule has 0 spiro atoms. The van der Waals surface area contributed by atoms with Gasteiger partial charge in [0.05, 0.1) is 5.92 Å². The van der Waals surface area contributed by atoms with Gasteiger partial charge in [0.15, 0.2) is 12.4 Å². The summed E-state index contributed by atoms with van der Waals surface area (Å²) in [6.07, 6.45) is 1.44. The summed E-state index contributed by atoms with van der Waals surface area (Å²) in [5.41, 5.74) is 0. The summed E-state index contributed by atoms with van der Waals surface area (Å²) in [6.45, 7) is 2.75. The fraction of sp³-hybridized carbons (Fsp3) is 0.533. The maximum atomic E-state index is 12.5. The number of hydrogen-bond acceptors (Lipinski definition) is 7. The average Bonchev–Trinajstić information content (AvgIpc) is 3.16. The number of likely N-dealkylation sites (N-methyl/N-ethyl adjacent to an activating group) is 2. The molecule has 0 N–H and O–H groups in total. The van der Waals surface area contributed by atoms with E-state index in [4.69, 9.17) is 4.52 Å². The van der Waals surface area contributed by atoms with E-state index in [-0.39, 0.29) is 18.4 Å². The number of imide groups is 1. The number of rotatable bonds is 3. The fourth-order valence-corrected chi connectivity index (χ4v) is 3.25. The van der Waals surface area contributed by atoms with Crippen molar-refractivity contribution in [2.45, 2.75) is 18.9 Å². The number of aliphatic imine (C=N–C) groups is 1. The first-order valence-electron chi connectivity index (χ1n) is 8.17. The third kappa shape index (κ3) is 2.38. The smallest absolute Gasteiger partial charge is 0.333 e. The molecule has 3 aliphatic heterocycles. The van der Waals surface area contributed by atoms with Crippen LogP contribution >= 0.6 is 0 Å². The van der Waals surface area contributed by atoms with Gasteiger partial charge in [-0.05, 0) is 11.9 Å². The van der Waals surface area contributed by atoms with Gasteiger partial charge in [0.2, 0.25) is 5.89 Å². The molecule has 3 aliphatic rings. The molecule has 0 saturated carbocycles. The number of amides is 4. The Labute approximate surface area is 148 Å². The van der Waals surface area contributed by atoms with Crippen LogP contribution in [-0.4, -0.2) is 99.2 Å². The van der Waals surface area contributed by atoms with E-state index >= 15 is 0 Å². The molecule has 11 nitrogen and oxygen atoms in total. The predicted octanol–water partition coefficient (Wildman–Crippen LogP) is -1.35. The summed E-state index contributed by atoms with van der Waals surface area (Å²) in [6, 6.07) is -1.19. The molecule has 2 fully saturated rings. The number of urea groups is 1. The number of amidine groups is 1. The number of aromatic nitrogens is 2. The van der Waals surface area contributed by atoms with E-state index in [1.165, 1.54) is 18.3 Å². The lowest BCUT2D eigenvalue weighted by Gasteiger charge is -2.37. The van der Waals surface area contributed by atoms with Crippen molar-refractivity contribution in [2.75, 3.05) is 33.7 Å². The Morgan fingerprint density at radius 1 is 1.31 bits per heavy atom. The summed E-state index contributed by atoms with van der Waals surface area (Å²) >= 11 is 0. The highest BCUT2D eigenvalue weighted by Gasteiger charge is 2.51.